The summed E-state index contributed by atoms with van der Waals surface area (Å²) >= 11 is 0. The predicted octanol–water partition coefficient (Wildman–Crippen LogP) is 4.90. The van der Waals surface area contributed by atoms with E-state index in [1.165, 1.54) is 11.1 Å². The molecular formula is C22H28N2O2. The van der Waals surface area contributed by atoms with Gasteiger partial charge in [0.1, 0.15) is 6.10 Å². The van der Waals surface area contributed by atoms with Gasteiger partial charge in [0, 0.05) is 12.2 Å². The number of nitrogens with zero attached hydrogens (tertiary/aromatic N) is 1. The number of anilines is 1. The Balaban J connectivity index is 1.63. The number of ether oxygens (including phenoxy) is 1. The van der Waals surface area contributed by atoms with Crippen LogP contribution in [0.4, 0.5) is 10.5 Å². The Kier molecular flexibility index (Phi) is 5.33. The number of rotatable bonds is 2. The third kappa shape index (κ3) is 4.44. The Morgan fingerprint density at radius 1 is 1.08 bits per heavy atom. The molecule has 1 N–H and O–H groups in total. The topological polar surface area (TPSA) is 41.6 Å². The third-order valence-corrected chi connectivity index (χ3v) is 4.80. The highest BCUT2D eigenvalue weighted by Gasteiger charge is 2.25. The van der Waals surface area contributed by atoms with Gasteiger partial charge in [0.2, 0.25) is 0 Å². The molecule has 1 saturated heterocycles. The van der Waals surface area contributed by atoms with Gasteiger partial charge in [0.15, 0.2) is 0 Å². The second kappa shape index (κ2) is 7.50. The van der Waals surface area contributed by atoms with Crippen LogP contribution in [-0.2, 0) is 10.2 Å². The summed E-state index contributed by atoms with van der Waals surface area (Å²) in [5.74, 6) is 0. The molecule has 0 radical (unpaired) electrons. The fourth-order valence-electron chi connectivity index (χ4n) is 3.07. The zero-order valence-corrected chi connectivity index (χ0v) is 16.1. The summed E-state index contributed by atoms with van der Waals surface area (Å²) in [6, 6.07) is 16.3. The van der Waals surface area contributed by atoms with Crippen molar-refractivity contribution in [2.24, 2.45) is 0 Å². The summed E-state index contributed by atoms with van der Waals surface area (Å²) < 4.78 is 5.87. The van der Waals surface area contributed by atoms with E-state index in [9.17, 15) is 4.79 Å². The van der Waals surface area contributed by atoms with E-state index in [1.807, 2.05) is 17.0 Å². The number of hydrogen-bond acceptors (Lipinski definition) is 2. The second-order valence-electron chi connectivity index (χ2n) is 7.97. The van der Waals surface area contributed by atoms with Crippen LogP contribution in [0.25, 0.3) is 0 Å². The number of carbonyl (C=O) groups excluding carboxylic acids is 1. The van der Waals surface area contributed by atoms with E-state index >= 15 is 0 Å². The molecule has 0 bridgehead atoms. The maximum Gasteiger partial charge on any atom is 0.322 e. The van der Waals surface area contributed by atoms with E-state index in [-0.39, 0.29) is 17.6 Å². The Bertz CT molecular complexity index is 745. The van der Waals surface area contributed by atoms with Gasteiger partial charge in [-0.05, 0) is 35.6 Å². The Morgan fingerprint density at radius 3 is 2.35 bits per heavy atom. The van der Waals surface area contributed by atoms with Gasteiger partial charge in [0.25, 0.3) is 0 Å². The van der Waals surface area contributed by atoms with Crippen molar-refractivity contribution in [1.29, 1.82) is 0 Å². The average Bonchev–Trinajstić information content (AvgIpc) is 2.62. The fourth-order valence-corrected chi connectivity index (χ4v) is 3.07. The zero-order chi connectivity index (χ0) is 18.7. The minimum atomic E-state index is -0.0751. The molecular weight excluding hydrogens is 324 g/mol. The maximum atomic E-state index is 12.6. The van der Waals surface area contributed by atoms with Gasteiger partial charge >= 0.3 is 6.03 Å². The molecule has 1 atom stereocenters. The highest BCUT2D eigenvalue weighted by Crippen LogP contribution is 2.25. The number of carbonyl (C=O) groups is 1. The van der Waals surface area contributed by atoms with Crippen LogP contribution in [0.3, 0.4) is 0 Å². The lowest BCUT2D eigenvalue weighted by molar-refractivity contribution is -0.0135. The Hall–Kier alpha value is -2.33. The number of amides is 2. The number of morpholine rings is 1. The summed E-state index contributed by atoms with van der Waals surface area (Å²) in [6.45, 7) is 10.3. The summed E-state index contributed by atoms with van der Waals surface area (Å²) in [7, 11) is 0. The van der Waals surface area contributed by atoms with Crippen LogP contribution in [-0.4, -0.2) is 30.6 Å². The predicted molar refractivity (Wildman–Crippen MR) is 106 cm³/mol. The van der Waals surface area contributed by atoms with Crippen molar-refractivity contribution >= 4 is 11.7 Å². The van der Waals surface area contributed by atoms with Crippen LogP contribution in [0, 0.1) is 6.92 Å². The van der Waals surface area contributed by atoms with Gasteiger partial charge in [-0.1, -0.05) is 62.7 Å². The van der Waals surface area contributed by atoms with Crippen molar-refractivity contribution in [3.05, 3.63) is 65.2 Å². The summed E-state index contributed by atoms with van der Waals surface area (Å²) in [6.07, 6.45) is -0.0710. The largest absolute Gasteiger partial charge is 0.370 e. The van der Waals surface area contributed by atoms with Crippen molar-refractivity contribution in [3.8, 4) is 0 Å². The minimum absolute atomic E-state index is 0.0710. The molecule has 1 fully saturated rings. The molecule has 0 spiro atoms. The Labute approximate surface area is 156 Å². The minimum Gasteiger partial charge on any atom is -0.370 e. The van der Waals surface area contributed by atoms with E-state index < -0.39 is 0 Å². The first-order valence-electron chi connectivity index (χ1n) is 9.17. The molecule has 0 saturated carbocycles. The lowest BCUT2D eigenvalue weighted by atomic mass is 9.87. The standard InChI is InChI=1S/C22H28N2O2/c1-16-5-7-17(8-6-16)20-15-24(13-14-26-20)21(25)23-19-11-9-18(10-12-19)22(2,3)4/h5-12,20H,13-15H2,1-4H3,(H,23,25). The first-order valence-corrected chi connectivity index (χ1v) is 9.17. The lowest BCUT2D eigenvalue weighted by Crippen LogP contribution is -2.44. The van der Waals surface area contributed by atoms with Crippen LogP contribution in [0.5, 0.6) is 0 Å². The van der Waals surface area contributed by atoms with Gasteiger partial charge in [-0.2, -0.15) is 0 Å². The van der Waals surface area contributed by atoms with Crippen molar-refractivity contribution in [3.63, 3.8) is 0 Å². The molecule has 1 aliphatic rings. The van der Waals surface area contributed by atoms with Crippen LogP contribution in [0.2, 0.25) is 0 Å². The second-order valence-corrected chi connectivity index (χ2v) is 7.97. The van der Waals surface area contributed by atoms with Crippen LogP contribution >= 0.6 is 0 Å². The average molecular weight is 352 g/mol. The highest BCUT2D eigenvalue weighted by atomic mass is 16.5. The van der Waals surface area contributed by atoms with E-state index in [0.717, 1.165) is 11.3 Å². The molecule has 1 unspecified atom stereocenters. The smallest absolute Gasteiger partial charge is 0.322 e. The van der Waals surface area contributed by atoms with Gasteiger partial charge in [-0.3, -0.25) is 0 Å². The van der Waals surface area contributed by atoms with Gasteiger partial charge in [0.05, 0.1) is 13.2 Å². The lowest BCUT2D eigenvalue weighted by Gasteiger charge is -2.33. The molecule has 1 heterocycles. The van der Waals surface area contributed by atoms with Gasteiger partial charge in [-0.15, -0.1) is 0 Å². The zero-order valence-electron chi connectivity index (χ0n) is 16.1. The van der Waals surface area contributed by atoms with E-state index in [0.29, 0.717) is 19.7 Å². The van der Waals surface area contributed by atoms with Crippen LogP contribution in [0.15, 0.2) is 48.5 Å². The van der Waals surface area contributed by atoms with Crippen molar-refractivity contribution in [1.82, 2.24) is 4.90 Å². The maximum absolute atomic E-state index is 12.6. The molecule has 1 aliphatic heterocycles. The molecule has 138 valence electrons. The third-order valence-electron chi connectivity index (χ3n) is 4.80. The van der Waals surface area contributed by atoms with Gasteiger partial charge < -0.3 is 15.0 Å². The highest BCUT2D eigenvalue weighted by molar-refractivity contribution is 5.89. The summed E-state index contributed by atoms with van der Waals surface area (Å²) in [4.78, 5) is 14.5. The summed E-state index contributed by atoms with van der Waals surface area (Å²) in [5, 5.41) is 3.00. The number of urea groups is 1. The van der Waals surface area contributed by atoms with Crippen LogP contribution in [0.1, 0.15) is 43.6 Å². The number of benzene rings is 2. The van der Waals surface area contributed by atoms with E-state index in [1.54, 1.807) is 0 Å². The van der Waals surface area contributed by atoms with E-state index in [2.05, 4.69) is 69.4 Å². The number of nitrogens with one attached hydrogen (secondary N) is 1. The molecule has 2 aromatic rings. The normalized spacial score (nSPS) is 17.8. The molecule has 0 aromatic heterocycles. The molecule has 0 aliphatic carbocycles. The molecule has 2 aromatic carbocycles. The molecule has 4 heteroatoms. The number of hydrogen-bond donors (Lipinski definition) is 1. The molecule has 26 heavy (non-hydrogen) atoms. The van der Waals surface area contributed by atoms with E-state index in [4.69, 9.17) is 4.74 Å². The molecule has 2 amide bonds. The first-order chi connectivity index (χ1) is 12.3. The fraction of sp³-hybridized carbons (Fsp3) is 0.409. The SMILES string of the molecule is Cc1ccc(C2CN(C(=O)Nc3ccc(C(C)(C)C)cc3)CCO2)cc1. The van der Waals surface area contributed by atoms with Gasteiger partial charge in [-0.25, -0.2) is 4.79 Å². The van der Waals surface area contributed by atoms with Crippen molar-refractivity contribution in [2.45, 2.75) is 39.2 Å². The monoisotopic (exact) mass is 352 g/mol. The van der Waals surface area contributed by atoms with Crippen molar-refractivity contribution < 1.29 is 9.53 Å². The number of aryl methyl sites for hydroxylation is 1. The first kappa shape index (κ1) is 18.5. The quantitative estimate of drug-likeness (QED) is 0.835. The summed E-state index contributed by atoms with van der Waals surface area (Å²) in [5.41, 5.74) is 4.51. The van der Waals surface area contributed by atoms with Crippen molar-refractivity contribution in [2.75, 3.05) is 25.0 Å². The Morgan fingerprint density at radius 2 is 1.73 bits per heavy atom. The molecule has 3 rings (SSSR count). The van der Waals surface area contributed by atoms with Crippen LogP contribution < -0.4 is 5.32 Å². The molecule has 4 nitrogen and oxygen atoms in total.